The average Bonchev–Trinajstić information content (AvgIpc) is 2.90. The van der Waals surface area contributed by atoms with E-state index in [2.05, 4.69) is 18.8 Å². The minimum atomic E-state index is -0.527. The lowest BCUT2D eigenvalue weighted by Crippen LogP contribution is -2.12. The molecule has 0 fully saturated rings. The summed E-state index contributed by atoms with van der Waals surface area (Å²) in [5, 5.41) is 0.449. The minimum absolute atomic E-state index is 0.155. The fourth-order valence-electron chi connectivity index (χ4n) is 4.84. The van der Waals surface area contributed by atoms with Gasteiger partial charge in [-0.15, -0.1) is 0 Å². The first-order valence-electron chi connectivity index (χ1n) is 13.3. The van der Waals surface area contributed by atoms with Crippen molar-refractivity contribution in [2.24, 2.45) is 0 Å². The lowest BCUT2D eigenvalue weighted by Gasteiger charge is -2.16. The van der Waals surface area contributed by atoms with Crippen LogP contribution in [0.5, 0.6) is 11.5 Å². The highest BCUT2D eigenvalue weighted by atomic mass is 16.5. The number of esters is 2. The predicted octanol–water partition coefficient (Wildman–Crippen LogP) is 7.40. The Bertz CT molecular complexity index is 1540. The first kappa shape index (κ1) is 27.7. The van der Waals surface area contributed by atoms with Crippen LogP contribution in [0.25, 0.3) is 10.9 Å². The highest BCUT2D eigenvalue weighted by Gasteiger charge is 2.22. The number of nitrogens with zero attached hydrogens (tertiary/aromatic N) is 1. The van der Waals surface area contributed by atoms with Gasteiger partial charge < -0.3 is 9.47 Å². The molecule has 0 aliphatic carbocycles. The van der Waals surface area contributed by atoms with Crippen molar-refractivity contribution in [2.45, 2.75) is 60.3 Å². The van der Waals surface area contributed by atoms with E-state index in [1.807, 2.05) is 24.3 Å². The third-order valence-corrected chi connectivity index (χ3v) is 6.71. The fourth-order valence-corrected chi connectivity index (χ4v) is 4.84. The number of fused-ring (bicyclic) bond motifs is 1. The number of aromatic nitrogens is 1. The molecule has 0 N–H and O–H groups in total. The van der Waals surface area contributed by atoms with E-state index in [4.69, 9.17) is 9.47 Å². The molecule has 0 radical (unpaired) electrons. The summed E-state index contributed by atoms with van der Waals surface area (Å²) in [4.78, 5) is 43.1. The number of Topliss-reactive ketones (excluding diaryl/α,β-unsaturated/α-hetero) is 1. The van der Waals surface area contributed by atoms with Gasteiger partial charge in [0.2, 0.25) is 0 Å². The minimum Gasteiger partial charge on any atom is -0.422 e. The summed E-state index contributed by atoms with van der Waals surface area (Å²) in [5.41, 5.74) is 5.01. The first-order valence-corrected chi connectivity index (χ1v) is 13.3. The molecule has 1 aromatic heterocycles. The summed E-state index contributed by atoms with van der Waals surface area (Å²) >= 11 is 0. The molecule has 0 aliphatic rings. The zero-order valence-corrected chi connectivity index (χ0v) is 23.1. The van der Waals surface area contributed by atoms with E-state index in [0.29, 0.717) is 38.9 Å². The second kappa shape index (κ2) is 12.0. The molecule has 6 heteroatoms. The molecule has 0 atom stereocenters. The Hall–Kier alpha value is -4.32. The van der Waals surface area contributed by atoms with E-state index in [9.17, 15) is 14.4 Å². The van der Waals surface area contributed by atoms with Gasteiger partial charge in [0.05, 0.1) is 16.5 Å². The molecule has 0 aliphatic heterocycles. The number of ether oxygens (including phenoxy) is 2. The largest absolute Gasteiger partial charge is 0.422 e. The summed E-state index contributed by atoms with van der Waals surface area (Å²) < 4.78 is 11.6. The van der Waals surface area contributed by atoms with Crippen molar-refractivity contribution >= 4 is 28.6 Å². The van der Waals surface area contributed by atoms with Crippen molar-refractivity contribution in [3.8, 4) is 11.5 Å². The average molecular weight is 524 g/mol. The molecule has 39 heavy (non-hydrogen) atoms. The molecule has 0 bridgehead atoms. The molecule has 4 rings (SSSR count). The van der Waals surface area contributed by atoms with Crippen molar-refractivity contribution in [3.63, 3.8) is 0 Å². The number of aryl methyl sites for hydroxylation is 4. The molecule has 0 spiro atoms. The van der Waals surface area contributed by atoms with Crippen molar-refractivity contribution in [1.82, 2.24) is 4.98 Å². The highest BCUT2D eigenvalue weighted by molar-refractivity contribution is 6.05. The summed E-state index contributed by atoms with van der Waals surface area (Å²) in [6.07, 6.45) is 3.90. The maximum Gasteiger partial charge on any atom is 0.343 e. The third-order valence-electron chi connectivity index (χ3n) is 6.71. The Balaban J connectivity index is 1.73. The second-order valence-corrected chi connectivity index (χ2v) is 9.71. The van der Waals surface area contributed by atoms with Gasteiger partial charge in [0.1, 0.15) is 11.3 Å². The molecular weight excluding hydrogens is 490 g/mol. The second-order valence-electron chi connectivity index (χ2n) is 9.71. The first-order chi connectivity index (χ1) is 18.7. The number of pyridine rings is 1. The zero-order valence-electron chi connectivity index (χ0n) is 23.1. The molecule has 0 saturated heterocycles. The standard InChI is InChI=1S/C33H33NO5/c1-6-8-23-10-14-25(15-11-23)32(36)38-27-18-19-28(31-30(27)20(3)29(22(5)35)21(4)34-31)39-33(37)26-16-12-24(9-7-2)13-17-26/h10-19H,6-9H2,1-5H3. The van der Waals surface area contributed by atoms with Gasteiger partial charge in [-0.1, -0.05) is 51.0 Å². The maximum absolute atomic E-state index is 13.1. The van der Waals surface area contributed by atoms with Crippen LogP contribution in [0, 0.1) is 13.8 Å². The quantitative estimate of drug-likeness (QED) is 0.129. The Morgan fingerprint density at radius 3 is 1.62 bits per heavy atom. The van der Waals surface area contributed by atoms with Crippen molar-refractivity contribution in [2.75, 3.05) is 0 Å². The molecule has 0 amide bonds. The van der Waals surface area contributed by atoms with Gasteiger partial charge in [-0.05, 0) is 86.7 Å². The van der Waals surface area contributed by atoms with Crippen LogP contribution in [-0.4, -0.2) is 22.7 Å². The lowest BCUT2D eigenvalue weighted by atomic mass is 9.98. The van der Waals surface area contributed by atoms with E-state index >= 15 is 0 Å². The van der Waals surface area contributed by atoms with Crippen LogP contribution < -0.4 is 9.47 Å². The Morgan fingerprint density at radius 2 is 1.15 bits per heavy atom. The van der Waals surface area contributed by atoms with Crippen molar-refractivity contribution in [1.29, 1.82) is 0 Å². The van der Waals surface area contributed by atoms with E-state index in [-0.39, 0.29) is 17.3 Å². The van der Waals surface area contributed by atoms with Crippen molar-refractivity contribution in [3.05, 3.63) is 99.7 Å². The van der Waals surface area contributed by atoms with Gasteiger partial charge in [0.15, 0.2) is 11.5 Å². The lowest BCUT2D eigenvalue weighted by molar-refractivity contribution is 0.0722. The van der Waals surface area contributed by atoms with Gasteiger partial charge in [-0.25, -0.2) is 14.6 Å². The summed E-state index contributed by atoms with van der Waals surface area (Å²) in [6.45, 7) is 9.19. The van der Waals surface area contributed by atoms with Crippen LogP contribution in [0.3, 0.4) is 0 Å². The number of carbonyl (C=O) groups is 3. The number of hydrogen-bond donors (Lipinski definition) is 0. The predicted molar refractivity (Wildman–Crippen MR) is 152 cm³/mol. The summed E-state index contributed by atoms with van der Waals surface area (Å²) in [5.74, 6) is -0.746. The summed E-state index contributed by atoms with van der Waals surface area (Å²) in [6, 6.07) is 17.8. The number of benzene rings is 3. The normalized spacial score (nSPS) is 10.9. The van der Waals surface area contributed by atoms with Gasteiger partial charge in [0.25, 0.3) is 0 Å². The monoisotopic (exact) mass is 523 g/mol. The molecule has 4 aromatic rings. The summed E-state index contributed by atoms with van der Waals surface area (Å²) in [7, 11) is 0. The number of rotatable bonds is 9. The number of ketones is 1. The molecule has 6 nitrogen and oxygen atoms in total. The number of carbonyl (C=O) groups excluding carboxylic acids is 3. The Kier molecular flexibility index (Phi) is 8.55. The van der Waals surface area contributed by atoms with E-state index in [0.717, 1.165) is 36.8 Å². The maximum atomic E-state index is 13.1. The molecule has 200 valence electrons. The number of hydrogen-bond acceptors (Lipinski definition) is 6. The van der Waals surface area contributed by atoms with Crippen LogP contribution >= 0.6 is 0 Å². The van der Waals surface area contributed by atoms with Crippen LogP contribution in [0.2, 0.25) is 0 Å². The van der Waals surface area contributed by atoms with Crippen LogP contribution in [0.1, 0.15) is 87.1 Å². The van der Waals surface area contributed by atoms with Crippen LogP contribution in [0.15, 0.2) is 60.7 Å². The van der Waals surface area contributed by atoms with Gasteiger partial charge in [-0.3, -0.25) is 4.79 Å². The van der Waals surface area contributed by atoms with Crippen molar-refractivity contribution < 1.29 is 23.9 Å². The topological polar surface area (TPSA) is 82.6 Å². The Labute approximate surface area is 229 Å². The molecule has 3 aromatic carbocycles. The van der Waals surface area contributed by atoms with E-state index in [1.165, 1.54) is 6.92 Å². The van der Waals surface area contributed by atoms with Gasteiger partial charge >= 0.3 is 11.9 Å². The molecule has 0 saturated carbocycles. The smallest absolute Gasteiger partial charge is 0.343 e. The van der Waals surface area contributed by atoms with E-state index < -0.39 is 11.9 Å². The van der Waals surface area contributed by atoms with Gasteiger partial charge in [-0.2, -0.15) is 0 Å². The zero-order chi connectivity index (χ0) is 28.1. The third kappa shape index (κ3) is 6.06. The molecular formula is C33H33NO5. The van der Waals surface area contributed by atoms with Crippen LogP contribution in [-0.2, 0) is 12.8 Å². The molecule has 1 heterocycles. The fraction of sp³-hybridized carbons (Fsp3) is 0.273. The molecule has 0 unspecified atom stereocenters. The highest BCUT2D eigenvalue weighted by Crippen LogP contribution is 2.37. The Morgan fingerprint density at radius 1 is 0.692 bits per heavy atom. The SMILES string of the molecule is CCCc1ccc(C(=O)Oc2ccc(OC(=O)c3ccc(CCC)cc3)c3c(C)c(C(C)=O)c(C)nc23)cc1. The van der Waals surface area contributed by atoms with Gasteiger partial charge in [0, 0.05) is 11.3 Å². The van der Waals surface area contributed by atoms with E-state index in [1.54, 1.807) is 50.2 Å². The van der Waals surface area contributed by atoms with Crippen LogP contribution in [0.4, 0.5) is 0 Å².